The Morgan fingerprint density at radius 1 is 1.04 bits per heavy atom. The van der Waals surface area contributed by atoms with Gasteiger partial charge in [-0.3, -0.25) is 9.69 Å². The first-order chi connectivity index (χ1) is 13.2. The highest BCUT2D eigenvalue weighted by Gasteiger charge is 2.24. The molecule has 0 bridgehead atoms. The molecule has 27 heavy (non-hydrogen) atoms. The molecular formula is C20H22N4O2S. The molecule has 0 radical (unpaired) electrons. The van der Waals surface area contributed by atoms with Crippen LogP contribution < -0.4 is 0 Å². The molecule has 3 heterocycles. The van der Waals surface area contributed by atoms with Crippen molar-refractivity contribution in [3.8, 4) is 0 Å². The van der Waals surface area contributed by atoms with Crippen LogP contribution in [0.2, 0.25) is 0 Å². The summed E-state index contributed by atoms with van der Waals surface area (Å²) < 4.78 is 5.79. The van der Waals surface area contributed by atoms with Crippen molar-refractivity contribution in [1.82, 2.24) is 20.0 Å². The van der Waals surface area contributed by atoms with E-state index in [1.807, 2.05) is 42.2 Å². The van der Waals surface area contributed by atoms with Gasteiger partial charge in [0, 0.05) is 31.1 Å². The summed E-state index contributed by atoms with van der Waals surface area (Å²) in [6.45, 7) is 5.72. The molecule has 1 amide bonds. The molecule has 1 aliphatic rings. The highest BCUT2D eigenvalue weighted by molar-refractivity contribution is 7.13. The molecule has 0 unspecified atom stereocenters. The maximum absolute atomic E-state index is 12.5. The second-order valence-corrected chi connectivity index (χ2v) is 8.02. The summed E-state index contributed by atoms with van der Waals surface area (Å²) in [7, 11) is 0. The van der Waals surface area contributed by atoms with Crippen LogP contribution in [0.15, 0.2) is 46.9 Å². The van der Waals surface area contributed by atoms with E-state index >= 15 is 0 Å². The number of rotatable bonds is 5. The van der Waals surface area contributed by atoms with Gasteiger partial charge in [-0.25, -0.2) is 0 Å². The van der Waals surface area contributed by atoms with Gasteiger partial charge in [-0.15, -0.1) is 21.5 Å². The van der Waals surface area contributed by atoms with E-state index in [2.05, 4.69) is 27.2 Å². The fraction of sp³-hybridized carbons (Fsp3) is 0.350. The van der Waals surface area contributed by atoms with Gasteiger partial charge in [-0.05, 0) is 24.6 Å². The summed E-state index contributed by atoms with van der Waals surface area (Å²) in [6, 6.07) is 14.0. The van der Waals surface area contributed by atoms with Crippen molar-refractivity contribution in [1.29, 1.82) is 0 Å². The van der Waals surface area contributed by atoms with E-state index in [-0.39, 0.29) is 5.91 Å². The molecule has 1 aliphatic heterocycles. The summed E-state index contributed by atoms with van der Waals surface area (Å²) >= 11 is 1.56. The molecule has 2 aromatic heterocycles. The topological polar surface area (TPSA) is 62.5 Å². The Balaban J connectivity index is 1.29. The summed E-state index contributed by atoms with van der Waals surface area (Å²) in [5.74, 6) is 1.41. The molecule has 4 rings (SSSR count). The number of carbonyl (C=O) groups excluding carboxylic acids is 1. The van der Waals surface area contributed by atoms with Gasteiger partial charge in [-0.2, -0.15) is 0 Å². The molecule has 140 valence electrons. The number of hydrogen-bond acceptors (Lipinski definition) is 6. The highest BCUT2D eigenvalue weighted by Crippen LogP contribution is 2.18. The largest absolute Gasteiger partial charge is 0.424 e. The van der Waals surface area contributed by atoms with Gasteiger partial charge in [0.15, 0.2) is 0 Å². The molecule has 6 nitrogen and oxygen atoms in total. The van der Waals surface area contributed by atoms with Crippen molar-refractivity contribution >= 4 is 17.2 Å². The number of aryl methyl sites for hydroxylation is 1. The number of piperazine rings is 1. The minimum atomic E-state index is 0.135. The lowest BCUT2D eigenvalue weighted by atomic mass is 10.2. The van der Waals surface area contributed by atoms with Gasteiger partial charge in [0.1, 0.15) is 0 Å². The molecule has 0 atom stereocenters. The Morgan fingerprint density at radius 2 is 1.78 bits per heavy atom. The number of benzene rings is 1. The minimum Gasteiger partial charge on any atom is -0.424 e. The van der Waals surface area contributed by atoms with E-state index in [1.165, 1.54) is 4.88 Å². The second kappa shape index (κ2) is 8.02. The molecule has 1 saturated heterocycles. The Labute approximate surface area is 162 Å². The van der Waals surface area contributed by atoms with Gasteiger partial charge in [-0.1, -0.05) is 30.3 Å². The predicted octanol–water partition coefficient (Wildman–Crippen LogP) is 2.99. The first-order valence-electron chi connectivity index (χ1n) is 9.10. The number of amides is 1. The molecule has 7 heteroatoms. The first kappa shape index (κ1) is 17.9. The van der Waals surface area contributed by atoms with Crippen LogP contribution in [0.5, 0.6) is 0 Å². The first-order valence-corrected chi connectivity index (χ1v) is 9.92. The summed E-state index contributed by atoms with van der Waals surface area (Å²) in [4.78, 5) is 18.7. The van der Waals surface area contributed by atoms with Crippen LogP contribution >= 0.6 is 11.3 Å². The molecule has 0 saturated carbocycles. The number of nitrogens with zero attached hydrogens (tertiary/aromatic N) is 4. The summed E-state index contributed by atoms with van der Waals surface area (Å²) in [6.07, 6.45) is 0.649. The van der Waals surface area contributed by atoms with E-state index in [9.17, 15) is 4.79 Å². The van der Waals surface area contributed by atoms with Crippen LogP contribution in [0.4, 0.5) is 0 Å². The number of hydrogen-bond donors (Lipinski definition) is 0. The quantitative estimate of drug-likeness (QED) is 0.679. The van der Waals surface area contributed by atoms with Crippen LogP contribution in [-0.4, -0.2) is 52.1 Å². The summed E-state index contributed by atoms with van der Waals surface area (Å²) in [5.41, 5.74) is 1.16. The standard InChI is InChI=1S/C20H22N4O2S/c1-15-7-8-17(27-15)20(25)24-11-9-23(10-12-24)14-19-22-21-18(26-19)13-16-5-3-2-4-6-16/h2-8H,9-14H2,1H3. The third kappa shape index (κ3) is 4.43. The zero-order valence-corrected chi connectivity index (χ0v) is 16.1. The Bertz CT molecular complexity index is 898. The molecule has 1 aromatic carbocycles. The van der Waals surface area contributed by atoms with Crippen molar-refractivity contribution in [2.75, 3.05) is 26.2 Å². The van der Waals surface area contributed by atoms with E-state index in [0.717, 1.165) is 36.6 Å². The Morgan fingerprint density at radius 3 is 2.48 bits per heavy atom. The maximum Gasteiger partial charge on any atom is 0.264 e. The van der Waals surface area contributed by atoms with Crippen molar-refractivity contribution in [2.45, 2.75) is 19.9 Å². The maximum atomic E-state index is 12.5. The molecule has 1 fully saturated rings. The average molecular weight is 382 g/mol. The third-order valence-electron chi connectivity index (χ3n) is 4.68. The predicted molar refractivity (Wildman–Crippen MR) is 104 cm³/mol. The monoisotopic (exact) mass is 382 g/mol. The Kier molecular flexibility index (Phi) is 5.31. The lowest BCUT2D eigenvalue weighted by Gasteiger charge is -2.33. The minimum absolute atomic E-state index is 0.135. The van der Waals surface area contributed by atoms with Crippen LogP contribution in [0.1, 0.15) is 31.9 Å². The van der Waals surface area contributed by atoms with Crippen LogP contribution in [-0.2, 0) is 13.0 Å². The van der Waals surface area contributed by atoms with Crippen molar-refractivity contribution in [2.24, 2.45) is 0 Å². The summed E-state index contributed by atoms with van der Waals surface area (Å²) in [5, 5.41) is 8.33. The molecule has 0 aliphatic carbocycles. The van der Waals surface area contributed by atoms with Gasteiger partial charge in [0.2, 0.25) is 11.8 Å². The van der Waals surface area contributed by atoms with E-state index in [1.54, 1.807) is 11.3 Å². The number of carbonyl (C=O) groups is 1. The fourth-order valence-corrected chi connectivity index (χ4v) is 4.04. The molecule has 0 N–H and O–H groups in total. The smallest absolute Gasteiger partial charge is 0.264 e. The van der Waals surface area contributed by atoms with Gasteiger partial charge in [0.25, 0.3) is 5.91 Å². The van der Waals surface area contributed by atoms with Gasteiger partial charge in [0.05, 0.1) is 17.8 Å². The number of thiophene rings is 1. The normalized spacial score (nSPS) is 15.2. The van der Waals surface area contributed by atoms with Crippen molar-refractivity contribution in [3.63, 3.8) is 0 Å². The SMILES string of the molecule is Cc1ccc(C(=O)N2CCN(Cc3nnc(Cc4ccccc4)o3)CC2)s1. The van der Waals surface area contributed by atoms with E-state index in [0.29, 0.717) is 24.7 Å². The van der Waals surface area contributed by atoms with Crippen molar-refractivity contribution < 1.29 is 9.21 Å². The van der Waals surface area contributed by atoms with Gasteiger partial charge < -0.3 is 9.32 Å². The van der Waals surface area contributed by atoms with Gasteiger partial charge >= 0.3 is 0 Å². The lowest BCUT2D eigenvalue weighted by Crippen LogP contribution is -2.48. The second-order valence-electron chi connectivity index (χ2n) is 6.73. The lowest BCUT2D eigenvalue weighted by molar-refractivity contribution is 0.0622. The van der Waals surface area contributed by atoms with Crippen molar-refractivity contribution in [3.05, 3.63) is 69.6 Å². The highest BCUT2D eigenvalue weighted by atomic mass is 32.1. The average Bonchev–Trinajstić information content (AvgIpc) is 3.31. The van der Waals surface area contributed by atoms with E-state index in [4.69, 9.17) is 4.42 Å². The van der Waals surface area contributed by atoms with Crippen LogP contribution in [0, 0.1) is 6.92 Å². The third-order valence-corrected chi connectivity index (χ3v) is 5.67. The number of aromatic nitrogens is 2. The zero-order valence-electron chi connectivity index (χ0n) is 15.3. The van der Waals surface area contributed by atoms with Crippen LogP contribution in [0.25, 0.3) is 0 Å². The van der Waals surface area contributed by atoms with E-state index < -0.39 is 0 Å². The zero-order chi connectivity index (χ0) is 18.6. The molecular weight excluding hydrogens is 360 g/mol. The Hall–Kier alpha value is -2.51. The molecule has 3 aromatic rings. The fourth-order valence-electron chi connectivity index (χ4n) is 3.20. The van der Waals surface area contributed by atoms with Crippen LogP contribution in [0.3, 0.4) is 0 Å². The molecule has 0 spiro atoms.